The standard InChI is InChI=1S/C21H34O5/c1-19-7-5-13(23)9-12(19)3-4-14-15-6-8-21(26,17(25)11-22)20(15,2)10-16(24)18(14)19/h12-16,18,22-24,26H,3-11H2,1-2H3/t12-,13+,14-,15-,16?,18?,19-,20-,21-/m0/s1. The van der Waals surface area contributed by atoms with Crippen LogP contribution >= 0.6 is 0 Å². The van der Waals surface area contributed by atoms with E-state index in [2.05, 4.69) is 6.92 Å². The monoisotopic (exact) mass is 366 g/mol. The molecule has 0 aromatic carbocycles. The van der Waals surface area contributed by atoms with Crippen molar-refractivity contribution in [3.05, 3.63) is 0 Å². The third-order valence-electron chi connectivity index (χ3n) is 9.33. The van der Waals surface area contributed by atoms with E-state index in [0.717, 1.165) is 38.5 Å². The predicted molar refractivity (Wildman–Crippen MR) is 96.2 cm³/mol. The highest BCUT2D eigenvalue weighted by Gasteiger charge is 2.68. The molecule has 0 amide bonds. The fourth-order valence-corrected chi connectivity index (χ4v) is 7.95. The first kappa shape index (κ1) is 18.9. The number of carbonyl (C=O) groups excluding carboxylic acids is 1. The van der Waals surface area contributed by atoms with Crippen molar-refractivity contribution in [2.24, 2.45) is 34.5 Å². The molecule has 5 nitrogen and oxygen atoms in total. The quantitative estimate of drug-likeness (QED) is 0.596. The number of aliphatic hydroxyl groups is 4. The molecule has 4 fully saturated rings. The minimum Gasteiger partial charge on any atom is -0.393 e. The molecule has 4 aliphatic carbocycles. The van der Waals surface area contributed by atoms with E-state index in [9.17, 15) is 25.2 Å². The normalized spacial score (nSPS) is 56.4. The molecule has 0 saturated heterocycles. The summed E-state index contributed by atoms with van der Waals surface area (Å²) in [5.41, 5.74) is -2.14. The van der Waals surface area contributed by atoms with Gasteiger partial charge in [0.25, 0.3) is 0 Å². The first-order valence-electron chi connectivity index (χ1n) is 10.4. The highest BCUT2D eigenvalue weighted by atomic mass is 16.3. The van der Waals surface area contributed by atoms with Crippen molar-refractivity contribution in [1.29, 1.82) is 0 Å². The van der Waals surface area contributed by atoms with E-state index in [4.69, 9.17) is 0 Å². The number of carbonyl (C=O) groups is 1. The highest BCUT2D eigenvalue weighted by Crippen LogP contribution is 2.68. The van der Waals surface area contributed by atoms with Gasteiger partial charge in [-0.3, -0.25) is 4.79 Å². The first-order chi connectivity index (χ1) is 12.2. The number of fused-ring (bicyclic) bond motifs is 5. The van der Waals surface area contributed by atoms with Gasteiger partial charge in [-0.15, -0.1) is 0 Å². The summed E-state index contributed by atoms with van der Waals surface area (Å²) < 4.78 is 0. The van der Waals surface area contributed by atoms with Crippen LogP contribution in [0.5, 0.6) is 0 Å². The maximum absolute atomic E-state index is 12.4. The van der Waals surface area contributed by atoms with Crippen molar-refractivity contribution in [2.75, 3.05) is 6.61 Å². The van der Waals surface area contributed by atoms with Crippen molar-refractivity contribution in [2.45, 2.75) is 83.0 Å². The molecule has 0 spiro atoms. The van der Waals surface area contributed by atoms with Crippen molar-refractivity contribution < 1.29 is 25.2 Å². The topological polar surface area (TPSA) is 98.0 Å². The van der Waals surface area contributed by atoms with Gasteiger partial charge in [0, 0.05) is 5.41 Å². The summed E-state index contributed by atoms with van der Waals surface area (Å²) in [6.45, 7) is 3.61. The Labute approximate surface area is 155 Å². The molecular formula is C21H34O5. The van der Waals surface area contributed by atoms with Gasteiger partial charge in [0.2, 0.25) is 0 Å². The number of Topliss-reactive ketones (excluding diaryl/α,β-unsaturated/α-hetero) is 1. The summed E-state index contributed by atoms with van der Waals surface area (Å²) in [6, 6.07) is 0. The second-order valence-corrected chi connectivity index (χ2v) is 10.2. The number of aliphatic hydroxyl groups excluding tert-OH is 3. The third kappa shape index (κ3) is 2.27. The van der Waals surface area contributed by atoms with Gasteiger partial charge in [-0.05, 0) is 80.5 Å². The Morgan fingerprint density at radius 3 is 2.50 bits per heavy atom. The van der Waals surface area contributed by atoms with Crippen LogP contribution in [0.25, 0.3) is 0 Å². The zero-order valence-electron chi connectivity index (χ0n) is 16.0. The third-order valence-corrected chi connectivity index (χ3v) is 9.33. The molecule has 26 heavy (non-hydrogen) atoms. The van der Waals surface area contributed by atoms with E-state index in [1.165, 1.54) is 0 Å². The summed E-state index contributed by atoms with van der Waals surface area (Å²) in [5.74, 6) is 0.653. The van der Waals surface area contributed by atoms with Crippen molar-refractivity contribution in [3.8, 4) is 0 Å². The molecule has 4 N–H and O–H groups in total. The lowest BCUT2D eigenvalue weighted by Gasteiger charge is -2.62. The lowest BCUT2D eigenvalue weighted by Crippen LogP contribution is -2.63. The minimum atomic E-state index is -1.52. The number of ketones is 1. The van der Waals surface area contributed by atoms with Gasteiger partial charge in [0.15, 0.2) is 5.78 Å². The molecule has 0 aliphatic heterocycles. The first-order valence-corrected chi connectivity index (χ1v) is 10.4. The summed E-state index contributed by atoms with van der Waals surface area (Å²) >= 11 is 0. The van der Waals surface area contributed by atoms with Crippen LogP contribution in [0.15, 0.2) is 0 Å². The van der Waals surface area contributed by atoms with Crippen LogP contribution in [0.2, 0.25) is 0 Å². The second-order valence-electron chi connectivity index (χ2n) is 10.2. The lowest BCUT2D eigenvalue weighted by molar-refractivity contribution is -0.202. The van der Waals surface area contributed by atoms with Crippen molar-refractivity contribution in [3.63, 3.8) is 0 Å². The van der Waals surface area contributed by atoms with Gasteiger partial charge in [0.1, 0.15) is 12.2 Å². The summed E-state index contributed by atoms with van der Waals surface area (Å²) in [4.78, 5) is 12.4. The minimum absolute atomic E-state index is 0.0323. The largest absolute Gasteiger partial charge is 0.393 e. The Kier molecular flexibility index (Phi) is 4.35. The molecule has 4 rings (SSSR count). The van der Waals surface area contributed by atoms with Crippen LogP contribution < -0.4 is 0 Å². The van der Waals surface area contributed by atoms with Gasteiger partial charge < -0.3 is 20.4 Å². The van der Waals surface area contributed by atoms with E-state index in [1.54, 1.807) is 0 Å². The molecule has 2 unspecified atom stereocenters. The molecule has 9 atom stereocenters. The maximum Gasteiger partial charge on any atom is 0.190 e. The van der Waals surface area contributed by atoms with E-state index in [-0.39, 0.29) is 23.4 Å². The number of hydrogen-bond acceptors (Lipinski definition) is 5. The van der Waals surface area contributed by atoms with Crippen LogP contribution in [0, 0.1) is 34.5 Å². The molecule has 0 heterocycles. The van der Waals surface area contributed by atoms with Gasteiger partial charge in [-0.2, -0.15) is 0 Å². The molecule has 4 saturated carbocycles. The van der Waals surface area contributed by atoms with Crippen molar-refractivity contribution in [1.82, 2.24) is 0 Å². The Morgan fingerprint density at radius 2 is 1.81 bits per heavy atom. The molecule has 0 aromatic heterocycles. The van der Waals surface area contributed by atoms with E-state index in [0.29, 0.717) is 24.7 Å². The van der Waals surface area contributed by atoms with Crippen LogP contribution in [0.3, 0.4) is 0 Å². The fourth-order valence-electron chi connectivity index (χ4n) is 7.95. The van der Waals surface area contributed by atoms with Crippen LogP contribution in [0.1, 0.15) is 65.2 Å². The average molecular weight is 366 g/mol. The fraction of sp³-hybridized carbons (Fsp3) is 0.952. The van der Waals surface area contributed by atoms with Gasteiger partial charge >= 0.3 is 0 Å². The predicted octanol–water partition coefficient (Wildman–Crippen LogP) is 1.65. The number of rotatable bonds is 2. The average Bonchev–Trinajstić information content (AvgIpc) is 2.86. The summed E-state index contributed by atoms with van der Waals surface area (Å²) in [5, 5.41) is 41.9. The Balaban J connectivity index is 1.69. The molecule has 0 radical (unpaired) electrons. The van der Waals surface area contributed by atoms with Crippen LogP contribution in [0.4, 0.5) is 0 Å². The van der Waals surface area contributed by atoms with Crippen molar-refractivity contribution >= 4 is 5.78 Å². The molecule has 4 aliphatic rings. The second kappa shape index (κ2) is 6.00. The van der Waals surface area contributed by atoms with E-state index >= 15 is 0 Å². The zero-order valence-corrected chi connectivity index (χ0v) is 16.0. The highest BCUT2D eigenvalue weighted by molar-refractivity contribution is 5.89. The Bertz CT molecular complexity index is 593. The maximum atomic E-state index is 12.4. The molecule has 0 aromatic rings. The van der Waals surface area contributed by atoms with E-state index in [1.807, 2.05) is 6.92 Å². The van der Waals surface area contributed by atoms with Gasteiger partial charge in [0.05, 0.1) is 12.2 Å². The smallest absolute Gasteiger partial charge is 0.190 e. The molecule has 0 bridgehead atoms. The zero-order chi connectivity index (χ0) is 18.9. The number of hydrogen-bond donors (Lipinski definition) is 4. The molecule has 148 valence electrons. The summed E-state index contributed by atoms with van der Waals surface area (Å²) in [6.07, 6.45) is 5.48. The molecular weight excluding hydrogens is 332 g/mol. The van der Waals surface area contributed by atoms with Gasteiger partial charge in [-0.25, -0.2) is 0 Å². The summed E-state index contributed by atoms with van der Waals surface area (Å²) in [7, 11) is 0. The van der Waals surface area contributed by atoms with Gasteiger partial charge in [-0.1, -0.05) is 13.8 Å². The van der Waals surface area contributed by atoms with Crippen LogP contribution in [-0.2, 0) is 4.79 Å². The Morgan fingerprint density at radius 1 is 1.08 bits per heavy atom. The lowest BCUT2D eigenvalue weighted by atomic mass is 9.43. The Hall–Kier alpha value is -0.490. The molecule has 5 heteroatoms. The SMILES string of the molecule is C[C@]12CC(O)C3[C@@H](CC[C@H]4C[C@H](O)CC[C@]34C)[C@@H]1CC[C@]2(O)C(=O)CO. The van der Waals surface area contributed by atoms with Crippen LogP contribution in [-0.4, -0.2) is 50.6 Å². The van der Waals surface area contributed by atoms with E-state index < -0.39 is 29.5 Å².